The lowest BCUT2D eigenvalue weighted by molar-refractivity contribution is -0.125. The molecule has 1 amide bonds. The molecule has 4 nitrogen and oxygen atoms in total. The first-order valence-corrected chi connectivity index (χ1v) is 7.41. The van der Waals surface area contributed by atoms with Gasteiger partial charge in [-0.2, -0.15) is 0 Å². The average Bonchev–Trinajstić information content (AvgIpc) is 3.27. The SMILES string of the molecule is O=C(NC1(Cc2ccc(F)cc2Cl)CCOCC1)C1CO1. The summed E-state index contributed by atoms with van der Waals surface area (Å²) in [7, 11) is 0. The van der Waals surface area contributed by atoms with Gasteiger partial charge < -0.3 is 14.8 Å². The smallest absolute Gasteiger partial charge is 0.251 e. The predicted molar refractivity (Wildman–Crippen MR) is 75.8 cm³/mol. The number of epoxide rings is 1. The topological polar surface area (TPSA) is 50.9 Å². The molecule has 0 aromatic heterocycles. The third kappa shape index (κ3) is 3.54. The van der Waals surface area contributed by atoms with Gasteiger partial charge in [-0.05, 0) is 37.0 Å². The third-order valence-electron chi connectivity index (χ3n) is 4.01. The Kier molecular flexibility index (Phi) is 4.15. The highest BCUT2D eigenvalue weighted by molar-refractivity contribution is 6.31. The number of nitrogens with one attached hydrogen (secondary N) is 1. The second-order valence-electron chi connectivity index (χ2n) is 5.62. The summed E-state index contributed by atoms with van der Waals surface area (Å²) in [6.45, 7) is 1.66. The van der Waals surface area contributed by atoms with Crippen LogP contribution in [0, 0.1) is 5.82 Å². The number of rotatable bonds is 4. The van der Waals surface area contributed by atoms with Gasteiger partial charge in [-0.3, -0.25) is 4.79 Å². The van der Waals surface area contributed by atoms with Crippen molar-refractivity contribution in [1.29, 1.82) is 0 Å². The first-order valence-electron chi connectivity index (χ1n) is 7.03. The van der Waals surface area contributed by atoms with Gasteiger partial charge in [0, 0.05) is 23.8 Å². The normalized spacial score (nSPS) is 23.6. The van der Waals surface area contributed by atoms with Gasteiger partial charge in [-0.1, -0.05) is 17.7 Å². The number of amides is 1. The summed E-state index contributed by atoms with van der Waals surface area (Å²) in [6, 6.07) is 4.37. The quantitative estimate of drug-likeness (QED) is 0.866. The summed E-state index contributed by atoms with van der Waals surface area (Å²) >= 11 is 6.11. The van der Waals surface area contributed by atoms with E-state index in [9.17, 15) is 9.18 Å². The first-order chi connectivity index (χ1) is 10.1. The molecule has 1 atom stereocenters. The number of hydrogen-bond acceptors (Lipinski definition) is 3. The Morgan fingerprint density at radius 1 is 1.43 bits per heavy atom. The maximum Gasteiger partial charge on any atom is 0.251 e. The molecule has 1 aromatic rings. The molecule has 0 bridgehead atoms. The van der Waals surface area contributed by atoms with E-state index in [1.54, 1.807) is 6.07 Å². The second-order valence-corrected chi connectivity index (χ2v) is 6.02. The molecule has 1 aromatic carbocycles. The highest BCUT2D eigenvalue weighted by Gasteiger charge is 2.40. The van der Waals surface area contributed by atoms with Crippen LogP contribution >= 0.6 is 11.6 Å². The van der Waals surface area contributed by atoms with E-state index in [1.807, 2.05) is 0 Å². The molecule has 0 saturated carbocycles. The van der Waals surface area contributed by atoms with E-state index < -0.39 is 5.54 Å². The van der Waals surface area contributed by atoms with E-state index in [0.717, 1.165) is 5.56 Å². The van der Waals surface area contributed by atoms with Gasteiger partial charge in [0.2, 0.25) is 0 Å². The molecule has 2 fully saturated rings. The van der Waals surface area contributed by atoms with Crippen molar-refractivity contribution in [2.75, 3.05) is 19.8 Å². The van der Waals surface area contributed by atoms with Gasteiger partial charge in [0.05, 0.1) is 6.61 Å². The minimum absolute atomic E-state index is 0.0878. The predicted octanol–water partition coefficient (Wildman–Crippen LogP) is 2.09. The number of ether oxygens (including phenoxy) is 2. The molecule has 0 spiro atoms. The Balaban J connectivity index is 1.79. The molecule has 1 unspecified atom stereocenters. The van der Waals surface area contributed by atoms with Gasteiger partial charge in [-0.25, -0.2) is 4.39 Å². The lowest BCUT2D eigenvalue weighted by Gasteiger charge is -2.38. The summed E-state index contributed by atoms with van der Waals surface area (Å²) in [5.74, 6) is -0.449. The van der Waals surface area contributed by atoms with E-state index in [1.165, 1.54) is 12.1 Å². The van der Waals surface area contributed by atoms with Crippen molar-refractivity contribution in [3.05, 3.63) is 34.6 Å². The van der Waals surface area contributed by atoms with Crippen LogP contribution < -0.4 is 5.32 Å². The molecule has 3 rings (SSSR count). The molecule has 6 heteroatoms. The molecule has 2 saturated heterocycles. The van der Waals surface area contributed by atoms with E-state index in [0.29, 0.717) is 44.1 Å². The van der Waals surface area contributed by atoms with Gasteiger partial charge in [-0.15, -0.1) is 0 Å². The summed E-state index contributed by atoms with van der Waals surface area (Å²) in [5.41, 5.74) is 0.430. The molecule has 2 heterocycles. The third-order valence-corrected chi connectivity index (χ3v) is 4.36. The van der Waals surface area contributed by atoms with Crippen molar-refractivity contribution in [2.45, 2.75) is 30.9 Å². The first kappa shape index (κ1) is 14.8. The fraction of sp³-hybridized carbons (Fsp3) is 0.533. The minimum Gasteiger partial charge on any atom is -0.381 e. The van der Waals surface area contributed by atoms with Gasteiger partial charge in [0.25, 0.3) is 5.91 Å². The molecule has 2 aliphatic heterocycles. The van der Waals surface area contributed by atoms with Crippen LogP contribution in [0.4, 0.5) is 4.39 Å². The van der Waals surface area contributed by atoms with Crippen LogP contribution in [-0.2, 0) is 20.7 Å². The molecular formula is C15H17ClFNO3. The van der Waals surface area contributed by atoms with E-state index >= 15 is 0 Å². The molecule has 114 valence electrons. The number of carbonyl (C=O) groups is 1. The standard InChI is InChI=1S/C15H17ClFNO3/c16-12-7-11(17)2-1-10(12)8-15(3-5-20-6-4-15)18-14(19)13-9-21-13/h1-2,7,13H,3-6,8-9H2,(H,18,19). The van der Waals surface area contributed by atoms with E-state index in [2.05, 4.69) is 5.32 Å². The maximum atomic E-state index is 13.2. The molecule has 21 heavy (non-hydrogen) atoms. The minimum atomic E-state index is -0.400. The summed E-state index contributed by atoms with van der Waals surface area (Å²) in [6.07, 6.45) is 1.65. The van der Waals surface area contributed by atoms with Gasteiger partial charge in [0.1, 0.15) is 5.82 Å². The van der Waals surface area contributed by atoms with Crippen LogP contribution in [0.2, 0.25) is 5.02 Å². The van der Waals surface area contributed by atoms with Crippen molar-refractivity contribution < 1.29 is 18.7 Å². The summed E-state index contributed by atoms with van der Waals surface area (Å²) in [5, 5.41) is 3.48. The average molecular weight is 314 g/mol. The van der Waals surface area contributed by atoms with Crippen molar-refractivity contribution in [3.63, 3.8) is 0 Å². The van der Waals surface area contributed by atoms with Crippen molar-refractivity contribution in [3.8, 4) is 0 Å². The Bertz CT molecular complexity index is 542. The monoisotopic (exact) mass is 313 g/mol. The molecule has 0 aliphatic carbocycles. The van der Waals surface area contributed by atoms with Crippen LogP contribution in [0.15, 0.2) is 18.2 Å². The van der Waals surface area contributed by atoms with Gasteiger partial charge >= 0.3 is 0 Å². The summed E-state index contributed by atoms with van der Waals surface area (Å²) in [4.78, 5) is 12.0. The number of carbonyl (C=O) groups excluding carboxylic acids is 1. The zero-order valence-electron chi connectivity index (χ0n) is 11.5. The maximum absolute atomic E-state index is 13.2. The molecule has 0 radical (unpaired) electrons. The molecule has 1 N–H and O–H groups in total. The lowest BCUT2D eigenvalue weighted by atomic mass is 9.83. The number of halogens is 2. The number of hydrogen-bond donors (Lipinski definition) is 1. The zero-order valence-corrected chi connectivity index (χ0v) is 12.3. The fourth-order valence-corrected chi connectivity index (χ4v) is 2.91. The van der Waals surface area contributed by atoms with Crippen LogP contribution in [0.25, 0.3) is 0 Å². The van der Waals surface area contributed by atoms with Crippen LogP contribution in [0.1, 0.15) is 18.4 Å². The zero-order chi connectivity index (χ0) is 14.9. The Labute approximate surface area is 127 Å². The largest absolute Gasteiger partial charge is 0.381 e. The highest BCUT2D eigenvalue weighted by atomic mass is 35.5. The lowest BCUT2D eigenvalue weighted by Crippen LogP contribution is -2.54. The van der Waals surface area contributed by atoms with Gasteiger partial charge in [0.15, 0.2) is 6.10 Å². The molecule has 2 aliphatic rings. The number of benzene rings is 1. The van der Waals surface area contributed by atoms with E-state index in [4.69, 9.17) is 21.1 Å². The second kappa shape index (κ2) is 5.91. The molecular weight excluding hydrogens is 297 g/mol. The Morgan fingerprint density at radius 2 is 2.14 bits per heavy atom. The Morgan fingerprint density at radius 3 is 2.76 bits per heavy atom. The summed E-state index contributed by atoms with van der Waals surface area (Å²) < 4.78 is 23.6. The van der Waals surface area contributed by atoms with Crippen molar-refractivity contribution >= 4 is 17.5 Å². The van der Waals surface area contributed by atoms with Crippen LogP contribution in [0.5, 0.6) is 0 Å². The Hall–Kier alpha value is -1.17. The highest BCUT2D eigenvalue weighted by Crippen LogP contribution is 2.29. The van der Waals surface area contributed by atoms with Crippen LogP contribution in [0.3, 0.4) is 0 Å². The van der Waals surface area contributed by atoms with Crippen molar-refractivity contribution in [2.24, 2.45) is 0 Å². The van der Waals surface area contributed by atoms with Crippen molar-refractivity contribution in [1.82, 2.24) is 5.32 Å². The van der Waals surface area contributed by atoms with Crippen LogP contribution in [-0.4, -0.2) is 37.4 Å². The van der Waals surface area contributed by atoms with E-state index in [-0.39, 0.29) is 17.8 Å². The fourth-order valence-electron chi connectivity index (χ4n) is 2.68.